The molecule has 0 radical (unpaired) electrons. The average Bonchev–Trinajstić information content (AvgIpc) is 3.54. The summed E-state index contributed by atoms with van der Waals surface area (Å²) in [6.45, 7) is 11.7. The first kappa shape index (κ1) is 26.0. The summed E-state index contributed by atoms with van der Waals surface area (Å²) in [7, 11) is 0. The second kappa shape index (κ2) is 9.41. The van der Waals surface area contributed by atoms with Gasteiger partial charge in [0.1, 0.15) is 5.60 Å². The molecule has 1 saturated carbocycles. The lowest BCUT2D eigenvalue weighted by molar-refractivity contribution is -0.152. The lowest BCUT2D eigenvalue weighted by Crippen LogP contribution is -2.60. The summed E-state index contributed by atoms with van der Waals surface area (Å²) in [5.74, 6) is -0.704. The van der Waals surface area contributed by atoms with E-state index in [2.05, 4.69) is 0 Å². The Kier molecular flexibility index (Phi) is 6.79. The maximum Gasteiger partial charge on any atom is 0.410 e. The number of carbonyl (C=O) groups excluding carboxylic acids is 2. The molecular formula is C27H38N4O5. The number of carbonyl (C=O) groups is 3. The van der Waals surface area contributed by atoms with Crippen molar-refractivity contribution in [3.8, 4) is 0 Å². The van der Waals surface area contributed by atoms with Crippen LogP contribution in [0.1, 0.15) is 77.5 Å². The van der Waals surface area contributed by atoms with Crippen LogP contribution in [-0.4, -0.2) is 73.7 Å². The highest BCUT2D eigenvalue weighted by atomic mass is 16.6. The number of piperidine rings is 1. The van der Waals surface area contributed by atoms with Gasteiger partial charge in [-0.15, -0.1) is 0 Å². The zero-order valence-electron chi connectivity index (χ0n) is 22.2. The van der Waals surface area contributed by atoms with Crippen molar-refractivity contribution < 1.29 is 24.2 Å². The first-order valence-electron chi connectivity index (χ1n) is 12.8. The topological polar surface area (TPSA) is 105 Å². The fraction of sp³-hybridized carbons (Fsp3) is 0.630. The molecule has 196 valence electrons. The van der Waals surface area contributed by atoms with Gasteiger partial charge >= 0.3 is 12.1 Å². The average molecular weight is 499 g/mol. The summed E-state index contributed by atoms with van der Waals surface area (Å²) in [6, 6.07) is 7.49. The first-order valence-corrected chi connectivity index (χ1v) is 12.8. The lowest BCUT2D eigenvalue weighted by atomic mass is 9.79. The Labute approximate surface area is 212 Å². The van der Waals surface area contributed by atoms with Crippen LogP contribution >= 0.6 is 0 Å². The van der Waals surface area contributed by atoms with Gasteiger partial charge in [-0.05, 0) is 65.0 Å². The van der Waals surface area contributed by atoms with E-state index in [9.17, 15) is 19.5 Å². The molecule has 36 heavy (non-hydrogen) atoms. The number of nitrogens with zero attached hydrogens (tertiary/aromatic N) is 4. The number of rotatable bonds is 6. The number of imidazole rings is 1. The van der Waals surface area contributed by atoms with Gasteiger partial charge in [0.05, 0.1) is 22.5 Å². The van der Waals surface area contributed by atoms with Crippen LogP contribution in [0, 0.1) is 11.3 Å². The minimum Gasteiger partial charge on any atom is -0.481 e. The lowest BCUT2D eigenvalue weighted by Gasteiger charge is -2.46. The molecular weight excluding hydrogens is 460 g/mol. The molecule has 0 unspecified atom stereocenters. The number of ether oxygens (including phenoxy) is 1. The number of para-hydroxylation sites is 2. The number of aliphatic carboxylic acids is 1. The molecule has 1 aromatic carbocycles. The van der Waals surface area contributed by atoms with E-state index < -0.39 is 29.1 Å². The fourth-order valence-corrected chi connectivity index (χ4v) is 5.04. The number of carboxylic acids is 1. The van der Waals surface area contributed by atoms with Crippen molar-refractivity contribution in [2.24, 2.45) is 11.3 Å². The Morgan fingerprint density at radius 3 is 2.47 bits per heavy atom. The normalized spacial score (nSPS) is 22.6. The highest BCUT2D eigenvalue weighted by molar-refractivity contribution is 5.95. The first-order chi connectivity index (χ1) is 16.8. The summed E-state index contributed by atoms with van der Waals surface area (Å²) < 4.78 is 7.61. The predicted molar refractivity (Wildman–Crippen MR) is 136 cm³/mol. The maximum atomic E-state index is 14.1. The van der Waals surface area contributed by atoms with E-state index in [-0.39, 0.29) is 37.4 Å². The number of hydrogen-bond acceptors (Lipinski definition) is 5. The van der Waals surface area contributed by atoms with Gasteiger partial charge in [-0.1, -0.05) is 26.0 Å². The molecule has 1 N–H and O–H groups in total. The van der Waals surface area contributed by atoms with E-state index in [1.165, 1.54) is 4.90 Å². The molecule has 4 rings (SSSR count). The SMILES string of the molecule is CC(C)CN(C(=O)c1nc2ccccc2n1C1CC1)[C@@H]1CN(C(=O)OC(C)(C)C)C[C@](C)(C(=O)O)C1. The van der Waals surface area contributed by atoms with Crippen molar-refractivity contribution in [3.05, 3.63) is 30.1 Å². The highest BCUT2D eigenvalue weighted by Crippen LogP contribution is 2.40. The molecule has 2 atom stereocenters. The van der Waals surface area contributed by atoms with Crippen LogP contribution in [-0.2, 0) is 9.53 Å². The van der Waals surface area contributed by atoms with Gasteiger partial charge in [-0.3, -0.25) is 9.59 Å². The molecule has 1 aromatic heterocycles. The van der Waals surface area contributed by atoms with E-state index >= 15 is 0 Å². The molecule has 2 aliphatic rings. The van der Waals surface area contributed by atoms with Crippen LogP contribution in [0.4, 0.5) is 4.79 Å². The van der Waals surface area contributed by atoms with Crippen molar-refractivity contribution in [2.75, 3.05) is 19.6 Å². The van der Waals surface area contributed by atoms with Crippen LogP contribution in [0.5, 0.6) is 0 Å². The minimum absolute atomic E-state index is 0.0258. The zero-order valence-corrected chi connectivity index (χ0v) is 22.2. The number of aromatic nitrogens is 2. The summed E-state index contributed by atoms with van der Waals surface area (Å²) in [6.07, 6.45) is 1.67. The maximum absolute atomic E-state index is 14.1. The molecule has 2 heterocycles. The largest absolute Gasteiger partial charge is 0.481 e. The van der Waals surface area contributed by atoms with Crippen LogP contribution in [0.3, 0.4) is 0 Å². The van der Waals surface area contributed by atoms with E-state index in [0.29, 0.717) is 12.4 Å². The molecule has 9 heteroatoms. The van der Waals surface area contributed by atoms with Crippen LogP contribution in [0.2, 0.25) is 0 Å². The van der Waals surface area contributed by atoms with Crippen molar-refractivity contribution in [3.63, 3.8) is 0 Å². The van der Waals surface area contributed by atoms with Crippen LogP contribution in [0.15, 0.2) is 24.3 Å². The molecule has 1 saturated heterocycles. The molecule has 9 nitrogen and oxygen atoms in total. The number of fused-ring (bicyclic) bond motifs is 1. The second-order valence-electron chi connectivity index (χ2n) is 12.0. The molecule has 0 bridgehead atoms. The molecule has 2 fully saturated rings. The monoisotopic (exact) mass is 498 g/mol. The minimum atomic E-state index is -1.22. The van der Waals surface area contributed by atoms with Gasteiger partial charge < -0.3 is 24.2 Å². The van der Waals surface area contributed by atoms with Crippen LogP contribution in [0.25, 0.3) is 11.0 Å². The number of hydrogen-bond donors (Lipinski definition) is 1. The van der Waals surface area contributed by atoms with Crippen LogP contribution < -0.4 is 0 Å². The summed E-state index contributed by atoms with van der Waals surface area (Å²) >= 11 is 0. The smallest absolute Gasteiger partial charge is 0.410 e. The van der Waals surface area contributed by atoms with Gasteiger partial charge in [0.2, 0.25) is 5.82 Å². The number of amides is 2. The van der Waals surface area contributed by atoms with Gasteiger partial charge in [-0.2, -0.15) is 0 Å². The molecule has 1 aliphatic heterocycles. The number of likely N-dealkylation sites (tertiary alicyclic amines) is 1. The van der Waals surface area contributed by atoms with Crippen molar-refractivity contribution in [1.82, 2.24) is 19.4 Å². The zero-order chi connectivity index (χ0) is 26.4. The third kappa shape index (κ3) is 5.34. The molecule has 1 aliphatic carbocycles. The third-order valence-corrected chi connectivity index (χ3v) is 6.79. The van der Waals surface area contributed by atoms with E-state index in [1.54, 1.807) is 32.6 Å². The van der Waals surface area contributed by atoms with Gasteiger partial charge in [0.15, 0.2) is 0 Å². The van der Waals surface area contributed by atoms with Gasteiger partial charge in [0.25, 0.3) is 5.91 Å². The van der Waals surface area contributed by atoms with E-state index in [1.807, 2.05) is 42.7 Å². The summed E-state index contributed by atoms with van der Waals surface area (Å²) in [5.41, 5.74) is -0.230. The standard InChI is InChI=1S/C27H38N4O5/c1-17(2)14-30(23(32)22-28-20-9-7-8-10-21(20)31(22)18-11-12-18)19-13-27(6,24(33)34)16-29(15-19)25(35)36-26(3,4)5/h7-10,17-19H,11-16H2,1-6H3,(H,33,34)/t19-,27+/m0/s1. The Bertz CT molecular complexity index is 1160. The Morgan fingerprint density at radius 2 is 1.89 bits per heavy atom. The Hall–Kier alpha value is -3.10. The molecule has 2 aromatic rings. The second-order valence-corrected chi connectivity index (χ2v) is 12.0. The van der Waals surface area contributed by atoms with E-state index in [4.69, 9.17) is 9.72 Å². The van der Waals surface area contributed by atoms with Gasteiger partial charge in [-0.25, -0.2) is 9.78 Å². The van der Waals surface area contributed by atoms with Crippen molar-refractivity contribution in [1.29, 1.82) is 0 Å². The molecule has 0 spiro atoms. The Balaban J connectivity index is 1.72. The highest BCUT2D eigenvalue weighted by Gasteiger charge is 2.47. The third-order valence-electron chi connectivity index (χ3n) is 6.79. The molecule has 2 amide bonds. The predicted octanol–water partition coefficient (Wildman–Crippen LogP) is 4.57. The number of benzene rings is 1. The van der Waals surface area contributed by atoms with Crippen molar-refractivity contribution >= 4 is 29.0 Å². The van der Waals surface area contributed by atoms with E-state index in [0.717, 1.165) is 23.9 Å². The summed E-state index contributed by atoms with van der Waals surface area (Å²) in [5, 5.41) is 10.1. The van der Waals surface area contributed by atoms with Gasteiger partial charge in [0, 0.05) is 25.7 Å². The summed E-state index contributed by atoms with van der Waals surface area (Å²) in [4.78, 5) is 47.4. The number of carboxylic acid groups (broad SMARTS) is 1. The fourth-order valence-electron chi connectivity index (χ4n) is 5.04. The Morgan fingerprint density at radius 1 is 1.22 bits per heavy atom. The quantitative estimate of drug-likeness (QED) is 0.626. The van der Waals surface area contributed by atoms with Crippen molar-refractivity contribution in [2.45, 2.75) is 78.5 Å².